The van der Waals surface area contributed by atoms with Crippen LogP contribution in [0.4, 0.5) is 0 Å². The van der Waals surface area contributed by atoms with Gasteiger partial charge in [0.2, 0.25) is 0 Å². The van der Waals surface area contributed by atoms with E-state index in [9.17, 15) is 5.26 Å². The molecule has 1 saturated heterocycles. The van der Waals surface area contributed by atoms with Crippen LogP contribution in [0.15, 0.2) is 18.2 Å². The Kier molecular flexibility index (Phi) is 5.29. The Bertz CT molecular complexity index is 502. The minimum absolute atomic E-state index is 0.485. The van der Waals surface area contributed by atoms with Crippen molar-refractivity contribution in [2.45, 2.75) is 24.7 Å². The van der Waals surface area contributed by atoms with Gasteiger partial charge in [-0.15, -0.1) is 0 Å². The highest BCUT2D eigenvalue weighted by Crippen LogP contribution is 2.39. The van der Waals surface area contributed by atoms with Crippen molar-refractivity contribution in [3.8, 4) is 6.07 Å². The summed E-state index contributed by atoms with van der Waals surface area (Å²) in [6.45, 7) is 3.54. The number of benzene rings is 1. The zero-order valence-corrected chi connectivity index (χ0v) is 12.9. The van der Waals surface area contributed by atoms with Gasteiger partial charge in [0.15, 0.2) is 0 Å². The molecule has 0 amide bonds. The molecule has 1 aromatic rings. The first-order valence-corrected chi connectivity index (χ1v) is 7.66. The SMILES string of the molecule is N#CC1(c2ccc(Cl)cc2Cl)CCN(CCCN)CC1. The molecule has 0 atom stereocenters. The Morgan fingerprint density at radius 2 is 2.00 bits per heavy atom. The first-order valence-electron chi connectivity index (χ1n) is 6.90. The van der Waals surface area contributed by atoms with Crippen LogP contribution in [-0.4, -0.2) is 31.1 Å². The number of nitrogens with zero attached hydrogens (tertiary/aromatic N) is 2. The van der Waals surface area contributed by atoms with Crippen LogP contribution in [0.3, 0.4) is 0 Å². The van der Waals surface area contributed by atoms with Crippen molar-refractivity contribution in [2.75, 3.05) is 26.2 Å². The summed E-state index contributed by atoms with van der Waals surface area (Å²) in [6, 6.07) is 7.91. The number of halogens is 2. The molecule has 0 spiro atoms. The van der Waals surface area contributed by atoms with Crippen molar-refractivity contribution in [3.05, 3.63) is 33.8 Å². The van der Waals surface area contributed by atoms with Gasteiger partial charge in [0.1, 0.15) is 0 Å². The summed E-state index contributed by atoms with van der Waals surface area (Å²) in [6.07, 6.45) is 2.60. The molecule has 20 heavy (non-hydrogen) atoms. The lowest BCUT2D eigenvalue weighted by atomic mass is 9.74. The standard InChI is InChI=1S/C15H19Cl2N3/c16-12-2-3-13(14(17)10-12)15(11-19)4-8-20(9-5-15)7-1-6-18/h2-3,10H,1,4-9,18H2. The molecule has 0 aliphatic carbocycles. The first kappa shape index (κ1) is 15.6. The van der Waals surface area contributed by atoms with Gasteiger partial charge in [-0.2, -0.15) is 5.26 Å². The van der Waals surface area contributed by atoms with Gasteiger partial charge in [-0.1, -0.05) is 29.3 Å². The molecule has 0 radical (unpaired) electrons. The van der Waals surface area contributed by atoms with E-state index in [-0.39, 0.29) is 0 Å². The molecule has 1 aliphatic rings. The van der Waals surface area contributed by atoms with Crippen LogP contribution in [0, 0.1) is 11.3 Å². The number of hydrogen-bond donors (Lipinski definition) is 1. The maximum absolute atomic E-state index is 9.67. The third kappa shape index (κ3) is 3.27. The third-order valence-electron chi connectivity index (χ3n) is 4.05. The smallest absolute Gasteiger partial charge is 0.0861 e. The molecule has 3 nitrogen and oxygen atoms in total. The van der Waals surface area contributed by atoms with E-state index < -0.39 is 5.41 Å². The summed E-state index contributed by atoms with van der Waals surface area (Å²) >= 11 is 12.2. The molecular formula is C15H19Cl2N3. The Morgan fingerprint density at radius 1 is 1.30 bits per heavy atom. The average Bonchev–Trinajstić information content (AvgIpc) is 2.46. The second kappa shape index (κ2) is 6.78. The molecule has 2 rings (SSSR count). The quantitative estimate of drug-likeness (QED) is 0.929. The van der Waals surface area contributed by atoms with Crippen LogP contribution in [0.1, 0.15) is 24.8 Å². The topological polar surface area (TPSA) is 53.0 Å². The van der Waals surface area contributed by atoms with Crippen LogP contribution in [-0.2, 0) is 5.41 Å². The minimum atomic E-state index is -0.485. The number of nitrogens with two attached hydrogens (primary N) is 1. The lowest BCUT2D eigenvalue weighted by Crippen LogP contribution is -2.42. The van der Waals surface area contributed by atoms with E-state index in [4.69, 9.17) is 28.9 Å². The van der Waals surface area contributed by atoms with Crippen molar-refractivity contribution >= 4 is 23.2 Å². The lowest BCUT2D eigenvalue weighted by molar-refractivity contribution is 0.185. The highest BCUT2D eigenvalue weighted by atomic mass is 35.5. The summed E-state index contributed by atoms with van der Waals surface area (Å²) < 4.78 is 0. The maximum atomic E-state index is 9.67. The van der Waals surface area contributed by atoms with Crippen molar-refractivity contribution < 1.29 is 0 Å². The minimum Gasteiger partial charge on any atom is -0.330 e. The number of piperidine rings is 1. The summed E-state index contributed by atoms with van der Waals surface area (Å²) in [5.41, 5.74) is 5.96. The molecule has 1 heterocycles. The monoisotopic (exact) mass is 311 g/mol. The Morgan fingerprint density at radius 3 is 2.55 bits per heavy atom. The molecule has 1 aromatic carbocycles. The maximum Gasteiger partial charge on any atom is 0.0861 e. The second-order valence-corrected chi connectivity index (χ2v) is 6.15. The average molecular weight is 312 g/mol. The van der Waals surface area contributed by atoms with Gasteiger partial charge >= 0.3 is 0 Å². The van der Waals surface area contributed by atoms with Crippen LogP contribution in [0.25, 0.3) is 0 Å². The molecule has 108 valence electrons. The van der Waals surface area contributed by atoms with E-state index in [1.807, 2.05) is 12.1 Å². The second-order valence-electron chi connectivity index (χ2n) is 5.30. The largest absolute Gasteiger partial charge is 0.330 e. The summed E-state index contributed by atoms with van der Waals surface area (Å²) in [7, 11) is 0. The summed E-state index contributed by atoms with van der Waals surface area (Å²) in [4.78, 5) is 2.37. The summed E-state index contributed by atoms with van der Waals surface area (Å²) in [5.74, 6) is 0. The van der Waals surface area contributed by atoms with Gasteiger partial charge < -0.3 is 10.6 Å². The van der Waals surface area contributed by atoms with Gasteiger partial charge in [0.25, 0.3) is 0 Å². The predicted molar refractivity (Wildman–Crippen MR) is 83.1 cm³/mol. The Balaban J connectivity index is 2.15. The van der Waals surface area contributed by atoms with E-state index in [0.29, 0.717) is 16.6 Å². The highest BCUT2D eigenvalue weighted by Gasteiger charge is 2.37. The Hall–Kier alpha value is -0.790. The van der Waals surface area contributed by atoms with Crippen molar-refractivity contribution in [1.29, 1.82) is 5.26 Å². The fourth-order valence-electron chi connectivity index (χ4n) is 2.79. The normalized spacial score (nSPS) is 18.7. The number of hydrogen-bond acceptors (Lipinski definition) is 3. The lowest BCUT2D eigenvalue weighted by Gasteiger charge is -2.38. The summed E-state index contributed by atoms with van der Waals surface area (Å²) in [5, 5.41) is 10.9. The molecule has 0 unspecified atom stereocenters. The molecule has 0 saturated carbocycles. The van der Waals surface area contributed by atoms with E-state index in [1.54, 1.807) is 6.07 Å². The molecule has 1 fully saturated rings. The van der Waals surface area contributed by atoms with Crippen molar-refractivity contribution in [3.63, 3.8) is 0 Å². The molecular weight excluding hydrogens is 293 g/mol. The van der Waals surface area contributed by atoms with Crippen LogP contribution < -0.4 is 5.73 Å². The van der Waals surface area contributed by atoms with Crippen LogP contribution in [0.2, 0.25) is 10.0 Å². The zero-order valence-electron chi connectivity index (χ0n) is 11.4. The van der Waals surface area contributed by atoms with E-state index in [2.05, 4.69) is 11.0 Å². The molecule has 0 aromatic heterocycles. The number of rotatable bonds is 4. The van der Waals surface area contributed by atoms with Gasteiger partial charge in [-0.05, 0) is 63.1 Å². The zero-order chi connectivity index (χ0) is 14.6. The highest BCUT2D eigenvalue weighted by molar-refractivity contribution is 6.35. The van der Waals surface area contributed by atoms with E-state index >= 15 is 0 Å². The molecule has 5 heteroatoms. The van der Waals surface area contributed by atoms with Gasteiger partial charge in [0, 0.05) is 10.0 Å². The molecule has 1 aliphatic heterocycles. The van der Waals surface area contributed by atoms with Gasteiger partial charge in [-0.25, -0.2) is 0 Å². The Labute approximate surface area is 130 Å². The molecule has 0 bridgehead atoms. The van der Waals surface area contributed by atoms with Crippen LogP contribution in [0.5, 0.6) is 0 Å². The van der Waals surface area contributed by atoms with Gasteiger partial charge in [0.05, 0.1) is 11.5 Å². The van der Waals surface area contributed by atoms with E-state index in [1.165, 1.54) is 0 Å². The van der Waals surface area contributed by atoms with Crippen molar-refractivity contribution in [1.82, 2.24) is 4.90 Å². The van der Waals surface area contributed by atoms with E-state index in [0.717, 1.165) is 44.5 Å². The fourth-order valence-corrected chi connectivity index (χ4v) is 3.38. The number of nitriles is 1. The van der Waals surface area contributed by atoms with Crippen molar-refractivity contribution in [2.24, 2.45) is 5.73 Å². The number of likely N-dealkylation sites (tertiary alicyclic amines) is 1. The third-order valence-corrected chi connectivity index (χ3v) is 4.60. The van der Waals surface area contributed by atoms with Crippen LogP contribution >= 0.6 is 23.2 Å². The first-order chi connectivity index (χ1) is 9.61. The molecule has 2 N–H and O–H groups in total. The van der Waals surface area contributed by atoms with Gasteiger partial charge in [-0.3, -0.25) is 0 Å². The predicted octanol–water partition coefficient (Wildman–Crippen LogP) is 3.20. The fraction of sp³-hybridized carbons (Fsp3) is 0.533.